The minimum atomic E-state index is 0.435. The Kier molecular flexibility index (Phi) is 11.6. The molecule has 4 nitrogen and oxygen atoms in total. The Morgan fingerprint density at radius 2 is 1.36 bits per heavy atom. The maximum Gasteiger partial charge on any atom is 0.236 e. The van der Waals surface area contributed by atoms with Crippen LogP contribution in [0.4, 0.5) is 0 Å². The van der Waals surface area contributed by atoms with Crippen LogP contribution in [0.15, 0.2) is 185 Å². The number of rotatable bonds is 9. The zero-order valence-electron chi connectivity index (χ0n) is 37.8. The van der Waals surface area contributed by atoms with Crippen molar-refractivity contribution in [1.29, 1.82) is 0 Å². The lowest BCUT2D eigenvalue weighted by atomic mass is 9.89. The number of hydrogen-bond donors (Lipinski definition) is 0. The molecule has 7 aromatic carbocycles. The molecule has 314 valence electrons. The molecule has 0 spiro atoms. The summed E-state index contributed by atoms with van der Waals surface area (Å²) in [7, 11) is 0. The van der Waals surface area contributed by atoms with Gasteiger partial charge in [0.2, 0.25) is 5.96 Å². The van der Waals surface area contributed by atoms with Gasteiger partial charge < -0.3 is 0 Å². The molecule has 1 aliphatic rings. The monoisotopic (exact) mass is 830 g/mol. The van der Waals surface area contributed by atoms with E-state index in [2.05, 4.69) is 197 Å². The van der Waals surface area contributed by atoms with Gasteiger partial charge in [0.15, 0.2) is 5.84 Å². The van der Waals surface area contributed by atoms with Crippen LogP contribution < -0.4 is 0 Å². The summed E-state index contributed by atoms with van der Waals surface area (Å²) in [5.41, 5.74) is 21.2. The third kappa shape index (κ3) is 7.60. The number of amidine groups is 1. The summed E-state index contributed by atoms with van der Waals surface area (Å²) >= 11 is 0. The fourth-order valence-corrected chi connectivity index (χ4v) is 9.61. The highest BCUT2D eigenvalue weighted by atomic mass is 15.2. The molecule has 0 saturated carbocycles. The minimum absolute atomic E-state index is 0.435. The van der Waals surface area contributed by atoms with Gasteiger partial charge in [0.05, 0.1) is 17.6 Å². The number of benzene rings is 7. The van der Waals surface area contributed by atoms with Crippen LogP contribution in [0.5, 0.6) is 0 Å². The van der Waals surface area contributed by atoms with Gasteiger partial charge in [-0.3, -0.25) is 9.56 Å². The number of hydrogen-bond acceptors (Lipinski definition) is 1. The van der Waals surface area contributed by atoms with Crippen molar-refractivity contribution in [2.24, 2.45) is 15.0 Å². The number of nitrogens with zero attached hydrogens (tertiary/aromatic N) is 4. The molecule has 64 heavy (non-hydrogen) atoms. The molecule has 1 heterocycles. The lowest BCUT2D eigenvalue weighted by Crippen LogP contribution is -2.14. The second-order valence-electron chi connectivity index (χ2n) is 17.1. The molecule has 9 rings (SSSR count). The largest absolute Gasteiger partial charge is 0.277 e. The summed E-state index contributed by atoms with van der Waals surface area (Å²) in [4.78, 5) is 15.3. The fourth-order valence-electron chi connectivity index (χ4n) is 9.61. The number of allylic oxidation sites excluding steroid dienone is 2. The Morgan fingerprint density at radius 1 is 0.656 bits per heavy atom. The Labute approximate surface area is 378 Å². The summed E-state index contributed by atoms with van der Waals surface area (Å²) in [6.45, 7) is 21.8. The summed E-state index contributed by atoms with van der Waals surface area (Å²) in [5.74, 6) is 1.46. The third-order valence-electron chi connectivity index (χ3n) is 12.8. The molecule has 0 saturated heterocycles. The van der Waals surface area contributed by atoms with Crippen LogP contribution in [0.1, 0.15) is 72.6 Å². The molecule has 0 fully saturated rings. The van der Waals surface area contributed by atoms with E-state index < -0.39 is 0 Å². The predicted octanol–water partition coefficient (Wildman–Crippen LogP) is 15.8. The van der Waals surface area contributed by atoms with Crippen LogP contribution in [0.2, 0.25) is 0 Å². The number of aryl methyl sites for hydroxylation is 2. The summed E-state index contributed by atoms with van der Waals surface area (Å²) in [6, 6.07) is 50.8. The third-order valence-corrected chi connectivity index (χ3v) is 12.8. The Morgan fingerprint density at radius 3 is 2.12 bits per heavy atom. The molecule has 1 aliphatic carbocycles. The normalized spacial score (nSPS) is 13.0. The molecule has 1 aromatic heterocycles. The Bertz CT molecular complexity index is 3270. The van der Waals surface area contributed by atoms with Crippen molar-refractivity contribution in [3.8, 4) is 44.5 Å². The molecule has 0 unspecified atom stereocenters. The number of para-hydroxylation sites is 1. The van der Waals surface area contributed by atoms with Crippen LogP contribution in [0.3, 0.4) is 0 Å². The van der Waals surface area contributed by atoms with E-state index >= 15 is 0 Å². The number of fused-ring (bicyclic) bond motifs is 6. The molecule has 0 bridgehead atoms. The van der Waals surface area contributed by atoms with Gasteiger partial charge in [0, 0.05) is 27.5 Å². The zero-order valence-corrected chi connectivity index (χ0v) is 37.8. The van der Waals surface area contributed by atoms with Crippen LogP contribution in [0.25, 0.3) is 72.4 Å². The van der Waals surface area contributed by atoms with Crippen LogP contribution >= 0.6 is 0 Å². The highest BCUT2D eigenvalue weighted by Gasteiger charge is 2.23. The van der Waals surface area contributed by atoms with E-state index in [0.29, 0.717) is 24.3 Å². The summed E-state index contributed by atoms with van der Waals surface area (Å²) in [6.07, 6.45) is 9.01. The lowest BCUT2D eigenvalue weighted by Gasteiger charge is -2.16. The summed E-state index contributed by atoms with van der Waals surface area (Å²) in [5, 5.41) is 2.19. The van der Waals surface area contributed by atoms with Crippen LogP contribution in [-0.2, 0) is 13.0 Å². The van der Waals surface area contributed by atoms with Crippen molar-refractivity contribution in [2.45, 2.75) is 60.4 Å². The Balaban J connectivity index is 1.19. The van der Waals surface area contributed by atoms with Gasteiger partial charge >= 0.3 is 0 Å². The predicted molar refractivity (Wildman–Crippen MR) is 276 cm³/mol. The van der Waals surface area contributed by atoms with Crippen molar-refractivity contribution in [2.75, 3.05) is 0 Å². The zero-order chi connectivity index (χ0) is 44.5. The standard InChI is InChI=1S/C60H54N4/c1-9-18-42(10-2)59(62-37-41-28-31-52-47(34-41)36-45-19-12-13-23-51(45)52)63-60(61-8)64-57-48(11-3)39(6)27-30-56(57)55-26-17-25-53(58(55)64)46-21-16-20-43(35-46)44-29-32-50(40(7)33-44)54-24-15-14-22-49(54)38(4)5/h9-35,38H,3,8,36-37H2,1-2,4-7H3/b18-9-,42-10+,62-59?,63-60?. The molecule has 0 N–H and O–H groups in total. The van der Waals surface area contributed by atoms with Crippen LogP contribution in [-0.4, -0.2) is 23.1 Å². The minimum Gasteiger partial charge on any atom is -0.277 e. The smallest absolute Gasteiger partial charge is 0.236 e. The topological polar surface area (TPSA) is 42.0 Å². The molecule has 0 amide bonds. The molecule has 0 radical (unpaired) electrons. The highest BCUT2D eigenvalue weighted by molar-refractivity contribution is 6.21. The molecule has 8 aromatic rings. The van der Waals surface area contributed by atoms with Gasteiger partial charge in [-0.15, -0.1) is 0 Å². The first-order chi connectivity index (χ1) is 31.2. The Hall–Kier alpha value is -7.43. The average Bonchev–Trinajstić information content (AvgIpc) is 3.86. The fraction of sp³-hybridized carbons (Fsp3) is 0.150. The first-order valence-electron chi connectivity index (χ1n) is 22.3. The van der Waals surface area contributed by atoms with Crippen molar-refractivity contribution < 1.29 is 0 Å². The van der Waals surface area contributed by atoms with Gasteiger partial charge in [-0.05, 0) is 125 Å². The van der Waals surface area contributed by atoms with E-state index in [1.807, 2.05) is 26.0 Å². The lowest BCUT2D eigenvalue weighted by molar-refractivity contribution is 0.869. The van der Waals surface area contributed by atoms with Gasteiger partial charge in [0.25, 0.3) is 0 Å². The number of aliphatic imine (C=N–C) groups is 3. The van der Waals surface area contributed by atoms with Gasteiger partial charge in [-0.1, -0.05) is 178 Å². The van der Waals surface area contributed by atoms with Crippen molar-refractivity contribution >= 4 is 46.4 Å². The van der Waals surface area contributed by atoms with E-state index in [1.165, 1.54) is 50.1 Å². The van der Waals surface area contributed by atoms with E-state index in [0.717, 1.165) is 67.2 Å². The van der Waals surface area contributed by atoms with Gasteiger partial charge in [-0.25, -0.2) is 4.99 Å². The average molecular weight is 831 g/mol. The van der Waals surface area contributed by atoms with Gasteiger partial charge in [-0.2, -0.15) is 4.99 Å². The van der Waals surface area contributed by atoms with E-state index in [9.17, 15) is 0 Å². The van der Waals surface area contributed by atoms with Crippen molar-refractivity contribution in [3.05, 3.63) is 209 Å². The maximum absolute atomic E-state index is 5.36. The van der Waals surface area contributed by atoms with Crippen molar-refractivity contribution in [1.82, 2.24) is 4.57 Å². The molecule has 0 atom stereocenters. The summed E-state index contributed by atoms with van der Waals surface area (Å²) < 4.78 is 2.18. The first-order valence-corrected chi connectivity index (χ1v) is 22.3. The second-order valence-corrected chi connectivity index (χ2v) is 17.1. The second kappa shape index (κ2) is 17.7. The SMILES string of the molecule is C=Cc1c(C)ccc2c3cccc(-c4cccc(-c5ccc(-c6ccccc6C(C)C)c(C)c5)c4)c3n(C(N=C)=NC(=NCc3ccc4c(c3)Cc3ccccc3-4)C(/C=C\C)=C/C)c12. The van der Waals surface area contributed by atoms with Crippen molar-refractivity contribution in [3.63, 3.8) is 0 Å². The highest BCUT2D eigenvalue weighted by Crippen LogP contribution is 2.41. The molecular weight excluding hydrogens is 777 g/mol. The first kappa shape index (κ1) is 41.9. The van der Waals surface area contributed by atoms with E-state index in [4.69, 9.17) is 15.0 Å². The number of aromatic nitrogens is 1. The molecule has 4 heteroatoms. The quantitative estimate of drug-likeness (QED) is 0.0790. The van der Waals surface area contributed by atoms with Crippen LogP contribution in [0, 0.1) is 13.8 Å². The van der Waals surface area contributed by atoms with E-state index in [1.54, 1.807) is 0 Å². The maximum atomic E-state index is 5.36. The van der Waals surface area contributed by atoms with E-state index in [-0.39, 0.29) is 0 Å². The van der Waals surface area contributed by atoms with Gasteiger partial charge in [0.1, 0.15) is 0 Å². The molecule has 0 aliphatic heterocycles. The molecular formula is C60H54N4.